The summed E-state index contributed by atoms with van der Waals surface area (Å²) in [6.07, 6.45) is 4.71. The van der Waals surface area contributed by atoms with Crippen molar-refractivity contribution in [3.8, 4) is 0 Å². The molecule has 1 saturated heterocycles. The number of pyridine rings is 1. The molecule has 0 spiro atoms. The van der Waals surface area contributed by atoms with Gasteiger partial charge in [-0.3, -0.25) is 14.6 Å². The van der Waals surface area contributed by atoms with Crippen molar-refractivity contribution in [2.45, 2.75) is 29.0 Å². The summed E-state index contributed by atoms with van der Waals surface area (Å²) >= 11 is 1.58. The van der Waals surface area contributed by atoms with Crippen LogP contribution >= 0.6 is 11.8 Å². The lowest BCUT2D eigenvalue weighted by atomic mass is 10.0. The number of nitrogens with zero attached hydrogens (tertiary/aromatic N) is 2. The molecule has 1 aliphatic rings. The molecule has 6 heteroatoms. The maximum atomic E-state index is 13.5. The van der Waals surface area contributed by atoms with E-state index in [1.807, 2.05) is 65.6 Å². The van der Waals surface area contributed by atoms with Gasteiger partial charge in [-0.05, 0) is 42.7 Å². The molecule has 0 aliphatic carbocycles. The summed E-state index contributed by atoms with van der Waals surface area (Å²) in [6.45, 7) is 1.27. The van der Waals surface area contributed by atoms with E-state index in [0.717, 1.165) is 23.3 Å². The quantitative estimate of drug-likeness (QED) is 0.590. The summed E-state index contributed by atoms with van der Waals surface area (Å²) in [7, 11) is 0. The normalized spacial score (nSPS) is 15.3. The van der Waals surface area contributed by atoms with Crippen molar-refractivity contribution in [1.29, 1.82) is 0 Å². The van der Waals surface area contributed by atoms with E-state index in [0.29, 0.717) is 18.7 Å². The van der Waals surface area contributed by atoms with Crippen LogP contribution in [-0.4, -0.2) is 40.8 Å². The zero-order chi connectivity index (χ0) is 21.5. The Morgan fingerprint density at radius 1 is 0.935 bits per heavy atom. The van der Waals surface area contributed by atoms with Gasteiger partial charge in [0.25, 0.3) is 5.91 Å². The van der Waals surface area contributed by atoms with Gasteiger partial charge >= 0.3 is 0 Å². The Bertz CT molecular complexity index is 991. The maximum absolute atomic E-state index is 13.5. The number of rotatable bonds is 6. The van der Waals surface area contributed by atoms with Gasteiger partial charge in [-0.15, -0.1) is 11.8 Å². The molecule has 1 atom stereocenters. The third kappa shape index (κ3) is 5.52. The molecule has 5 nitrogen and oxygen atoms in total. The number of thioether (sulfide) groups is 1. The average molecular weight is 432 g/mol. The second kappa shape index (κ2) is 10.3. The lowest BCUT2D eigenvalue weighted by molar-refractivity contribution is -0.131. The number of nitrogens with one attached hydrogen (secondary N) is 1. The monoisotopic (exact) mass is 431 g/mol. The number of piperidine rings is 1. The highest BCUT2D eigenvalue weighted by molar-refractivity contribution is 8.00. The summed E-state index contributed by atoms with van der Waals surface area (Å²) in [5, 5.41) is 2.79. The van der Waals surface area contributed by atoms with Gasteiger partial charge in [0.1, 0.15) is 5.25 Å². The van der Waals surface area contributed by atoms with Gasteiger partial charge in [-0.2, -0.15) is 0 Å². The average Bonchev–Trinajstić information content (AvgIpc) is 2.84. The van der Waals surface area contributed by atoms with Crippen LogP contribution in [0.1, 0.15) is 34.0 Å². The number of benzene rings is 2. The van der Waals surface area contributed by atoms with Crippen molar-refractivity contribution >= 4 is 23.6 Å². The molecule has 1 N–H and O–H groups in total. The van der Waals surface area contributed by atoms with Crippen LogP contribution < -0.4 is 5.32 Å². The summed E-state index contributed by atoms with van der Waals surface area (Å²) in [5.41, 5.74) is 1.57. The minimum Gasteiger partial charge on any atom is -0.349 e. The Balaban J connectivity index is 1.40. The number of likely N-dealkylation sites (tertiary alicyclic amines) is 1. The molecule has 158 valence electrons. The van der Waals surface area contributed by atoms with Crippen LogP contribution in [0.4, 0.5) is 0 Å². The molecular formula is C25H25N3O2S. The van der Waals surface area contributed by atoms with Gasteiger partial charge in [-0.25, -0.2) is 0 Å². The molecular weight excluding hydrogens is 406 g/mol. The highest BCUT2D eigenvalue weighted by atomic mass is 32.2. The second-order valence-corrected chi connectivity index (χ2v) is 8.71. The Morgan fingerprint density at radius 2 is 1.61 bits per heavy atom. The fraction of sp³-hybridized carbons (Fsp3) is 0.240. The molecule has 2 amide bonds. The van der Waals surface area contributed by atoms with Crippen LogP contribution in [0.15, 0.2) is 90.1 Å². The fourth-order valence-corrected chi connectivity index (χ4v) is 4.83. The van der Waals surface area contributed by atoms with E-state index in [2.05, 4.69) is 10.3 Å². The molecule has 1 unspecified atom stereocenters. The van der Waals surface area contributed by atoms with Gasteiger partial charge in [0.15, 0.2) is 0 Å². The SMILES string of the molecule is O=C(NC1CCN(C(=O)C(Sc2ccccc2)c2ccccc2)CC1)c1cccnc1. The number of hydrogen-bond donors (Lipinski definition) is 1. The van der Waals surface area contributed by atoms with Gasteiger partial charge < -0.3 is 10.2 Å². The number of carbonyl (C=O) groups is 2. The van der Waals surface area contributed by atoms with E-state index in [1.54, 1.807) is 36.3 Å². The van der Waals surface area contributed by atoms with Crippen LogP contribution in [-0.2, 0) is 4.79 Å². The van der Waals surface area contributed by atoms with Crippen molar-refractivity contribution < 1.29 is 9.59 Å². The molecule has 4 rings (SSSR count). The molecule has 31 heavy (non-hydrogen) atoms. The maximum Gasteiger partial charge on any atom is 0.253 e. The highest BCUT2D eigenvalue weighted by Crippen LogP contribution is 2.37. The molecule has 1 aliphatic heterocycles. The Labute approximate surface area is 186 Å². The van der Waals surface area contributed by atoms with Crippen molar-refractivity contribution in [3.63, 3.8) is 0 Å². The van der Waals surface area contributed by atoms with Crippen molar-refractivity contribution in [1.82, 2.24) is 15.2 Å². The van der Waals surface area contributed by atoms with Crippen LogP contribution in [0.2, 0.25) is 0 Å². The summed E-state index contributed by atoms with van der Waals surface area (Å²) < 4.78 is 0. The predicted molar refractivity (Wildman–Crippen MR) is 123 cm³/mol. The van der Waals surface area contributed by atoms with Gasteiger partial charge in [0, 0.05) is 36.4 Å². The zero-order valence-corrected chi connectivity index (χ0v) is 18.0. The van der Waals surface area contributed by atoms with Gasteiger partial charge in [0.05, 0.1) is 5.56 Å². The summed E-state index contributed by atoms with van der Waals surface area (Å²) in [4.78, 5) is 32.9. The first-order chi connectivity index (χ1) is 15.2. The second-order valence-electron chi connectivity index (χ2n) is 7.54. The lowest BCUT2D eigenvalue weighted by Gasteiger charge is -2.34. The van der Waals surface area contributed by atoms with Crippen molar-refractivity contribution in [2.75, 3.05) is 13.1 Å². The van der Waals surface area contributed by atoms with Crippen LogP contribution in [0.3, 0.4) is 0 Å². The third-order valence-corrected chi connectivity index (χ3v) is 6.64. The minimum absolute atomic E-state index is 0.0636. The molecule has 2 aromatic carbocycles. The van der Waals surface area contributed by atoms with Gasteiger partial charge in [-0.1, -0.05) is 48.5 Å². The van der Waals surface area contributed by atoms with Crippen LogP contribution in [0.5, 0.6) is 0 Å². The zero-order valence-electron chi connectivity index (χ0n) is 17.2. The van der Waals surface area contributed by atoms with E-state index < -0.39 is 0 Å². The third-order valence-electron chi connectivity index (χ3n) is 5.39. The lowest BCUT2D eigenvalue weighted by Crippen LogP contribution is -2.47. The number of amides is 2. The number of carbonyl (C=O) groups excluding carboxylic acids is 2. The molecule has 3 aromatic rings. The molecule has 0 saturated carbocycles. The molecule has 0 bridgehead atoms. The highest BCUT2D eigenvalue weighted by Gasteiger charge is 2.30. The standard InChI is InChI=1S/C25H25N3O2S/c29-24(20-10-7-15-26-18-20)27-21-13-16-28(17-14-21)25(30)23(19-8-3-1-4-9-19)31-22-11-5-2-6-12-22/h1-12,15,18,21,23H,13-14,16-17H2,(H,27,29). The fourth-order valence-electron chi connectivity index (χ4n) is 3.70. The topological polar surface area (TPSA) is 62.3 Å². The van der Waals surface area contributed by atoms with E-state index in [4.69, 9.17) is 0 Å². The number of hydrogen-bond acceptors (Lipinski definition) is 4. The Hall–Kier alpha value is -3.12. The van der Waals surface area contributed by atoms with E-state index in [1.165, 1.54) is 0 Å². The Kier molecular flexibility index (Phi) is 6.99. The Morgan fingerprint density at radius 3 is 2.26 bits per heavy atom. The largest absolute Gasteiger partial charge is 0.349 e. The minimum atomic E-state index is -0.287. The van der Waals surface area contributed by atoms with Crippen LogP contribution in [0, 0.1) is 0 Å². The molecule has 1 aromatic heterocycles. The smallest absolute Gasteiger partial charge is 0.253 e. The first kappa shape index (κ1) is 21.1. The van der Waals surface area contributed by atoms with Crippen LogP contribution in [0.25, 0.3) is 0 Å². The number of aromatic nitrogens is 1. The molecule has 2 heterocycles. The first-order valence-corrected chi connectivity index (χ1v) is 11.3. The van der Waals surface area contributed by atoms with Crippen molar-refractivity contribution in [2.24, 2.45) is 0 Å². The van der Waals surface area contributed by atoms with Crippen molar-refractivity contribution in [3.05, 3.63) is 96.3 Å². The van der Waals surface area contributed by atoms with E-state index in [9.17, 15) is 9.59 Å². The van der Waals surface area contributed by atoms with Gasteiger partial charge in [0.2, 0.25) is 5.91 Å². The first-order valence-electron chi connectivity index (χ1n) is 10.5. The summed E-state index contributed by atoms with van der Waals surface area (Å²) in [5.74, 6) is 0.0109. The van der Waals surface area contributed by atoms with E-state index >= 15 is 0 Å². The summed E-state index contributed by atoms with van der Waals surface area (Å²) in [6, 6.07) is 23.5. The molecule has 1 fully saturated rings. The predicted octanol–water partition coefficient (Wildman–Crippen LogP) is 4.34. The molecule has 0 radical (unpaired) electrons. The van der Waals surface area contributed by atoms with E-state index in [-0.39, 0.29) is 23.1 Å².